The fourth-order valence-corrected chi connectivity index (χ4v) is 7.64. The molecular formula is C33H32BrFN4O5. The van der Waals surface area contributed by atoms with Crippen LogP contribution >= 0.6 is 15.9 Å². The third-order valence-electron chi connectivity index (χ3n) is 9.51. The zero-order valence-electron chi connectivity index (χ0n) is 24.7. The minimum atomic E-state index is -0.558. The normalized spacial score (nSPS) is 19.1. The second-order valence-corrected chi connectivity index (χ2v) is 13.1. The molecule has 0 aromatic heterocycles. The van der Waals surface area contributed by atoms with Gasteiger partial charge in [-0.15, -0.1) is 0 Å². The lowest BCUT2D eigenvalue weighted by Gasteiger charge is -2.40. The molecule has 11 heteroatoms. The minimum Gasteiger partial charge on any atom is -0.339 e. The Labute approximate surface area is 262 Å². The Bertz CT molecular complexity index is 1710. The number of anilines is 2. The summed E-state index contributed by atoms with van der Waals surface area (Å²) in [6.45, 7) is 6.79. The van der Waals surface area contributed by atoms with Gasteiger partial charge in [-0.3, -0.25) is 24.5 Å². The minimum absolute atomic E-state index is 0.0936. The molecule has 3 aliphatic heterocycles. The predicted octanol–water partition coefficient (Wildman–Crippen LogP) is 6.00. The van der Waals surface area contributed by atoms with Gasteiger partial charge in [0.05, 0.1) is 16.4 Å². The maximum Gasteiger partial charge on any atom is 0.274 e. The summed E-state index contributed by atoms with van der Waals surface area (Å²) in [5.41, 5.74) is 4.05. The fourth-order valence-electron chi connectivity index (χ4n) is 7.19. The van der Waals surface area contributed by atoms with Gasteiger partial charge in [0.15, 0.2) is 0 Å². The third kappa shape index (κ3) is 4.96. The summed E-state index contributed by atoms with van der Waals surface area (Å²) in [6, 6.07) is 13.3. The van der Waals surface area contributed by atoms with Crippen LogP contribution in [0.15, 0.2) is 53.0 Å². The Balaban J connectivity index is 1.23. The smallest absolute Gasteiger partial charge is 0.274 e. The van der Waals surface area contributed by atoms with Crippen LogP contribution in [0.1, 0.15) is 51.9 Å². The summed E-state index contributed by atoms with van der Waals surface area (Å²) in [5, 5.41) is 11.5. The van der Waals surface area contributed by atoms with Crippen LogP contribution in [0.25, 0.3) is 0 Å². The Morgan fingerprint density at radius 2 is 1.73 bits per heavy atom. The molecule has 0 radical (unpaired) electrons. The van der Waals surface area contributed by atoms with Crippen LogP contribution in [0.2, 0.25) is 0 Å². The number of carbonyl (C=O) groups is 3. The second kappa shape index (κ2) is 11.1. The summed E-state index contributed by atoms with van der Waals surface area (Å²) in [4.78, 5) is 56.9. The molecule has 3 amide bonds. The Hall–Kier alpha value is -4.12. The first kappa shape index (κ1) is 29.9. The van der Waals surface area contributed by atoms with Crippen molar-refractivity contribution in [2.24, 2.45) is 5.92 Å². The van der Waals surface area contributed by atoms with E-state index in [1.54, 1.807) is 33.8 Å². The summed E-state index contributed by atoms with van der Waals surface area (Å²) in [6.07, 6.45) is 1.09. The molecule has 1 spiro atoms. The maximum atomic E-state index is 14.6. The number of likely N-dealkylation sites (tertiary alicyclic amines) is 1. The highest BCUT2D eigenvalue weighted by Gasteiger charge is 2.49. The SMILES string of the molecule is Cc1cccc(C)c1N1CC(C(=O)N2CC3(CCN(C(=O)c4cc(Br)cc([N+](=O)[O-])c4C)CC3)c3cc(F)ccc32)CC1=O. The van der Waals surface area contributed by atoms with Gasteiger partial charge in [-0.05, 0) is 74.6 Å². The van der Waals surface area contributed by atoms with Crippen LogP contribution in [0, 0.1) is 42.6 Å². The van der Waals surface area contributed by atoms with E-state index in [1.165, 1.54) is 18.2 Å². The number of aryl methyl sites for hydroxylation is 2. The second-order valence-electron chi connectivity index (χ2n) is 12.2. The standard InChI is InChI=1S/C33H32BrFN4O5/c1-19-5-4-6-20(2)30(19)37-17-22(13-29(37)40)31(41)38-18-33(26-16-24(35)7-8-27(26)38)9-11-36(12-10-33)32(42)25-14-23(34)15-28(21(25)3)39(43)44/h4-8,14-16,22H,9-13,17-18H2,1-3H3. The largest absolute Gasteiger partial charge is 0.339 e. The van der Waals surface area contributed by atoms with E-state index in [0.717, 1.165) is 22.4 Å². The monoisotopic (exact) mass is 662 g/mol. The molecule has 2 fully saturated rings. The predicted molar refractivity (Wildman–Crippen MR) is 167 cm³/mol. The average Bonchev–Trinajstić information content (AvgIpc) is 3.51. The van der Waals surface area contributed by atoms with Crippen LogP contribution in [0.4, 0.5) is 21.5 Å². The van der Waals surface area contributed by atoms with E-state index in [9.17, 15) is 28.9 Å². The van der Waals surface area contributed by atoms with E-state index in [0.29, 0.717) is 48.2 Å². The van der Waals surface area contributed by atoms with Crippen molar-refractivity contribution in [3.63, 3.8) is 0 Å². The van der Waals surface area contributed by atoms with Gasteiger partial charge in [0, 0.05) is 65.5 Å². The third-order valence-corrected chi connectivity index (χ3v) is 9.97. The molecule has 3 aliphatic rings. The number of piperidine rings is 1. The van der Waals surface area contributed by atoms with Crippen LogP contribution in [0.5, 0.6) is 0 Å². The Kier molecular flexibility index (Phi) is 7.55. The molecule has 0 aliphatic carbocycles. The molecule has 9 nitrogen and oxygen atoms in total. The first-order chi connectivity index (χ1) is 20.9. The fraction of sp³-hybridized carbons (Fsp3) is 0.364. The molecule has 2 saturated heterocycles. The van der Waals surface area contributed by atoms with E-state index in [4.69, 9.17) is 0 Å². The highest BCUT2D eigenvalue weighted by molar-refractivity contribution is 9.10. The van der Waals surface area contributed by atoms with E-state index in [2.05, 4.69) is 15.9 Å². The van der Waals surface area contributed by atoms with Crippen molar-refractivity contribution in [1.82, 2.24) is 4.90 Å². The van der Waals surface area contributed by atoms with E-state index >= 15 is 0 Å². The maximum absolute atomic E-state index is 14.6. The lowest BCUT2D eigenvalue weighted by molar-refractivity contribution is -0.385. The van der Waals surface area contributed by atoms with Crippen molar-refractivity contribution >= 4 is 50.7 Å². The number of nitrogens with zero attached hydrogens (tertiary/aromatic N) is 4. The van der Waals surface area contributed by atoms with E-state index in [1.807, 2.05) is 32.0 Å². The molecule has 1 atom stereocenters. The zero-order chi connectivity index (χ0) is 31.5. The zero-order valence-corrected chi connectivity index (χ0v) is 26.3. The number of para-hydroxylation sites is 1. The number of hydrogen-bond acceptors (Lipinski definition) is 5. The molecule has 3 heterocycles. The summed E-state index contributed by atoms with van der Waals surface area (Å²) < 4.78 is 15.1. The van der Waals surface area contributed by atoms with Gasteiger partial charge in [-0.25, -0.2) is 4.39 Å². The number of nitro groups is 1. The van der Waals surface area contributed by atoms with Gasteiger partial charge in [-0.1, -0.05) is 34.1 Å². The van der Waals surface area contributed by atoms with Crippen molar-refractivity contribution in [3.05, 3.63) is 96.8 Å². The molecule has 3 aromatic carbocycles. The molecule has 6 rings (SSSR count). The van der Waals surface area contributed by atoms with E-state index < -0.39 is 22.1 Å². The van der Waals surface area contributed by atoms with Crippen LogP contribution < -0.4 is 9.80 Å². The number of carbonyl (C=O) groups excluding carboxylic acids is 3. The van der Waals surface area contributed by atoms with Gasteiger partial charge in [0.2, 0.25) is 11.8 Å². The number of benzene rings is 3. The molecular weight excluding hydrogens is 631 g/mol. The van der Waals surface area contributed by atoms with Gasteiger partial charge in [0.1, 0.15) is 5.82 Å². The summed E-state index contributed by atoms with van der Waals surface area (Å²) in [5.74, 6) is -1.49. The molecule has 1 unspecified atom stereocenters. The molecule has 3 aromatic rings. The molecule has 228 valence electrons. The van der Waals surface area contributed by atoms with Crippen molar-refractivity contribution in [2.45, 2.75) is 45.4 Å². The van der Waals surface area contributed by atoms with Crippen molar-refractivity contribution in [1.29, 1.82) is 0 Å². The van der Waals surface area contributed by atoms with Gasteiger partial charge >= 0.3 is 0 Å². The highest BCUT2D eigenvalue weighted by atomic mass is 79.9. The lowest BCUT2D eigenvalue weighted by atomic mass is 9.74. The van der Waals surface area contributed by atoms with Crippen molar-refractivity contribution < 1.29 is 23.7 Å². The van der Waals surface area contributed by atoms with Crippen molar-refractivity contribution in [3.8, 4) is 0 Å². The molecule has 0 saturated carbocycles. The van der Waals surface area contributed by atoms with Gasteiger partial charge in [-0.2, -0.15) is 0 Å². The Morgan fingerprint density at radius 3 is 2.39 bits per heavy atom. The summed E-state index contributed by atoms with van der Waals surface area (Å²) in [7, 11) is 0. The van der Waals surface area contributed by atoms with Crippen molar-refractivity contribution in [2.75, 3.05) is 36.0 Å². The van der Waals surface area contributed by atoms with Gasteiger partial charge in [0.25, 0.3) is 11.6 Å². The molecule has 0 N–H and O–H groups in total. The lowest BCUT2D eigenvalue weighted by Crippen LogP contribution is -2.48. The summed E-state index contributed by atoms with van der Waals surface area (Å²) >= 11 is 3.28. The first-order valence-electron chi connectivity index (χ1n) is 14.6. The number of nitro benzene ring substituents is 1. The topological polar surface area (TPSA) is 104 Å². The average molecular weight is 664 g/mol. The molecule has 44 heavy (non-hydrogen) atoms. The van der Waals surface area contributed by atoms with Crippen LogP contribution in [-0.4, -0.2) is 53.7 Å². The molecule has 0 bridgehead atoms. The quantitative estimate of drug-likeness (QED) is 0.252. The highest BCUT2D eigenvalue weighted by Crippen LogP contribution is 2.48. The number of fused-ring (bicyclic) bond motifs is 2. The first-order valence-corrected chi connectivity index (χ1v) is 15.4. The van der Waals surface area contributed by atoms with Crippen LogP contribution in [0.3, 0.4) is 0 Å². The number of halogens is 2. The Morgan fingerprint density at radius 1 is 1.05 bits per heavy atom. The van der Waals surface area contributed by atoms with Gasteiger partial charge < -0.3 is 14.7 Å². The van der Waals surface area contributed by atoms with E-state index in [-0.39, 0.29) is 41.9 Å². The number of rotatable bonds is 4. The van der Waals surface area contributed by atoms with Crippen LogP contribution in [-0.2, 0) is 15.0 Å². The number of amides is 3. The number of hydrogen-bond donors (Lipinski definition) is 0.